The van der Waals surface area contributed by atoms with Gasteiger partial charge in [-0.2, -0.15) is 0 Å². The molecule has 2 aromatic heterocycles. The van der Waals surface area contributed by atoms with Crippen LogP contribution in [-0.2, 0) is 27.5 Å². The second-order valence-corrected chi connectivity index (χ2v) is 6.37. The van der Waals surface area contributed by atoms with Crippen molar-refractivity contribution < 1.29 is 23.2 Å². The highest BCUT2D eigenvalue weighted by Gasteiger charge is 2.35. The molecule has 1 saturated heterocycles. The highest BCUT2D eigenvalue weighted by molar-refractivity contribution is 5.86. The molecule has 138 valence electrons. The van der Waals surface area contributed by atoms with Crippen LogP contribution >= 0.6 is 0 Å². The van der Waals surface area contributed by atoms with Crippen molar-refractivity contribution >= 4 is 11.9 Å². The first kappa shape index (κ1) is 17.1. The van der Waals surface area contributed by atoms with Crippen LogP contribution in [0, 0.1) is 5.92 Å². The molecule has 3 heterocycles. The number of oxazole rings is 1. The Morgan fingerprint density at radius 2 is 2.04 bits per heavy atom. The van der Waals surface area contributed by atoms with E-state index < -0.39 is 11.9 Å². The van der Waals surface area contributed by atoms with E-state index in [2.05, 4.69) is 4.98 Å². The Bertz CT molecular complexity index is 917. The van der Waals surface area contributed by atoms with Gasteiger partial charge in [-0.25, -0.2) is 4.98 Å². The van der Waals surface area contributed by atoms with E-state index in [-0.39, 0.29) is 18.9 Å². The fourth-order valence-corrected chi connectivity index (χ4v) is 3.02. The summed E-state index contributed by atoms with van der Waals surface area (Å²) >= 11 is 0. The molecule has 0 saturated carbocycles. The van der Waals surface area contributed by atoms with Gasteiger partial charge < -0.3 is 18.5 Å². The smallest absolute Gasteiger partial charge is 0.311 e. The Morgan fingerprint density at radius 3 is 2.81 bits per heavy atom. The third-order valence-electron chi connectivity index (χ3n) is 4.41. The van der Waals surface area contributed by atoms with E-state index in [9.17, 15) is 9.59 Å². The second-order valence-electron chi connectivity index (χ2n) is 6.37. The van der Waals surface area contributed by atoms with Crippen LogP contribution in [0.5, 0.6) is 0 Å². The topological polar surface area (TPSA) is 85.8 Å². The lowest BCUT2D eigenvalue weighted by molar-refractivity contribution is -0.149. The van der Waals surface area contributed by atoms with Crippen LogP contribution in [0.4, 0.5) is 0 Å². The maximum Gasteiger partial charge on any atom is 0.311 e. The normalized spacial score (nSPS) is 16.7. The zero-order valence-corrected chi connectivity index (χ0v) is 14.5. The molecule has 7 heteroatoms. The van der Waals surface area contributed by atoms with Gasteiger partial charge in [0.1, 0.15) is 24.3 Å². The Kier molecular flexibility index (Phi) is 4.74. The number of aromatic nitrogens is 1. The predicted molar refractivity (Wildman–Crippen MR) is 94.0 cm³/mol. The minimum Gasteiger partial charge on any atom is -0.467 e. The Hall–Kier alpha value is -3.35. The molecule has 0 spiro atoms. The van der Waals surface area contributed by atoms with Crippen LogP contribution in [-0.4, -0.2) is 28.3 Å². The van der Waals surface area contributed by atoms with Crippen LogP contribution in [0.1, 0.15) is 17.9 Å². The number of rotatable bonds is 6. The number of hydrogen-bond acceptors (Lipinski definition) is 6. The summed E-state index contributed by atoms with van der Waals surface area (Å²) in [5.74, 6) is 0.194. The number of ether oxygens (including phenoxy) is 1. The quantitative estimate of drug-likeness (QED) is 0.624. The average molecular weight is 366 g/mol. The van der Waals surface area contributed by atoms with Crippen molar-refractivity contribution in [1.29, 1.82) is 0 Å². The molecule has 3 aromatic rings. The summed E-state index contributed by atoms with van der Waals surface area (Å²) in [6.45, 7) is 0.698. The van der Waals surface area contributed by atoms with E-state index in [1.54, 1.807) is 23.3 Å². The lowest BCUT2D eigenvalue weighted by Gasteiger charge is -2.14. The first-order chi connectivity index (χ1) is 13.2. The average Bonchev–Trinajstić information content (AvgIpc) is 3.43. The summed E-state index contributed by atoms with van der Waals surface area (Å²) in [6.07, 6.45) is 3.18. The van der Waals surface area contributed by atoms with Crippen LogP contribution < -0.4 is 0 Å². The van der Waals surface area contributed by atoms with E-state index in [1.807, 2.05) is 30.3 Å². The van der Waals surface area contributed by atoms with Gasteiger partial charge >= 0.3 is 5.97 Å². The van der Waals surface area contributed by atoms with Crippen molar-refractivity contribution in [3.05, 3.63) is 66.4 Å². The molecule has 1 amide bonds. The molecule has 4 rings (SSSR count). The van der Waals surface area contributed by atoms with Crippen molar-refractivity contribution in [2.75, 3.05) is 6.54 Å². The van der Waals surface area contributed by atoms with Gasteiger partial charge in [0.25, 0.3) is 0 Å². The standard InChI is InChI=1S/C20H18N2O5/c23-18-9-15(10-22(18)11-17-7-4-8-25-17)20(24)27-13-16-12-26-19(21-16)14-5-2-1-3-6-14/h1-8,12,15H,9-11,13H2. The minimum absolute atomic E-state index is 0.0119. The lowest BCUT2D eigenvalue weighted by atomic mass is 10.1. The number of furan rings is 1. The summed E-state index contributed by atoms with van der Waals surface area (Å²) in [5, 5.41) is 0. The maximum absolute atomic E-state index is 12.3. The van der Waals surface area contributed by atoms with E-state index in [0.717, 1.165) is 5.56 Å². The van der Waals surface area contributed by atoms with E-state index in [1.165, 1.54) is 6.26 Å². The third kappa shape index (κ3) is 3.92. The van der Waals surface area contributed by atoms with Crippen molar-refractivity contribution in [1.82, 2.24) is 9.88 Å². The fourth-order valence-electron chi connectivity index (χ4n) is 3.02. The molecule has 0 bridgehead atoms. The molecule has 0 N–H and O–H groups in total. The van der Waals surface area contributed by atoms with Crippen LogP contribution in [0.15, 0.2) is 63.8 Å². The molecular weight excluding hydrogens is 348 g/mol. The number of hydrogen-bond donors (Lipinski definition) is 0. The van der Waals surface area contributed by atoms with Gasteiger partial charge in [-0.15, -0.1) is 0 Å². The van der Waals surface area contributed by atoms with Gasteiger partial charge in [0.15, 0.2) is 0 Å². The predicted octanol–water partition coefficient (Wildman–Crippen LogP) is 3.03. The molecule has 1 aromatic carbocycles. The summed E-state index contributed by atoms with van der Waals surface area (Å²) in [4.78, 5) is 30.3. The van der Waals surface area contributed by atoms with Gasteiger partial charge in [-0.1, -0.05) is 18.2 Å². The molecule has 1 fully saturated rings. The second kappa shape index (κ2) is 7.49. The third-order valence-corrected chi connectivity index (χ3v) is 4.41. The number of nitrogens with zero attached hydrogens (tertiary/aromatic N) is 2. The van der Waals surface area contributed by atoms with Gasteiger partial charge in [-0.3, -0.25) is 9.59 Å². The zero-order chi connectivity index (χ0) is 18.6. The van der Waals surface area contributed by atoms with Crippen molar-refractivity contribution in [2.45, 2.75) is 19.6 Å². The number of esters is 1. The number of carbonyl (C=O) groups excluding carboxylic acids is 2. The molecule has 0 aliphatic carbocycles. The number of benzene rings is 1. The van der Waals surface area contributed by atoms with E-state index in [0.29, 0.717) is 30.4 Å². The monoisotopic (exact) mass is 366 g/mol. The molecule has 27 heavy (non-hydrogen) atoms. The molecule has 1 unspecified atom stereocenters. The molecule has 1 aliphatic heterocycles. The summed E-state index contributed by atoms with van der Waals surface area (Å²) in [5.41, 5.74) is 1.38. The Morgan fingerprint density at radius 1 is 1.19 bits per heavy atom. The van der Waals surface area contributed by atoms with Crippen molar-refractivity contribution in [2.24, 2.45) is 5.92 Å². The van der Waals surface area contributed by atoms with Crippen LogP contribution in [0.3, 0.4) is 0 Å². The maximum atomic E-state index is 12.3. The van der Waals surface area contributed by atoms with Crippen LogP contribution in [0.25, 0.3) is 11.5 Å². The molecule has 0 radical (unpaired) electrons. The van der Waals surface area contributed by atoms with Gasteiger partial charge in [0.05, 0.1) is 18.7 Å². The first-order valence-electron chi connectivity index (χ1n) is 8.65. The highest BCUT2D eigenvalue weighted by Crippen LogP contribution is 2.23. The van der Waals surface area contributed by atoms with Gasteiger partial charge in [0.2, 0.25) is 11.8 Å². The summed E-state index contributed by atoms with van der Waals surface area (Å²) < 4.78 is 16.0. The molecule has 1 aliphatic rings. The Labute approximate surface area is 155 Å². The number of likely N-dealkylation sites (tertiary alicyclic amines) is 1. The summed E-state index contributed by atoms with van der Waals surface area (Å²) in [7, 11) is 0. The lowest BCUT2D eigenvalue weighted by Crippen LogP contribution is -2.26. The number of carbonyl (C=O) groups is 2. The van der Waals surface area contributed by atoms with Gasteiger partial charge in [0, 0.05) is 18.5 Å². The van der Waals surface area contributed by atoms with Gasteiger partial charge in [-0.05, 0) is 24.3 Å². The first-order valence-corrected chi connectivity index (χ1v) is 8.65. The van der Waals surface area contributed by atoms with E-state index in [4.69, 9.17) is 13.6 Å². The SMILES string of the molecule is O=C(OCc1coc(-c2ccccc2)n1)C1CC(=O)N(Cc2ccco2)C1. The fraction of sp³-hybridized carbons (Fsp3) is 0.250. The molecule has 1 atom stereocenters. The number of amides is 1. The van der Waals surface area contributed by atoms with Crippen molar-refractivity contribution in [3.8, 4) is 11.5 Å². The minimum atomic E-state index is -0.479. The molecule has 7 nitrogen and oxygen atoms in total. The largest absolute Gasteiger partial charge is 0.467 e. The van der Waals surface area contributed by atoms with Crippen molar-refractivity contribution in [3.63, 3.8) is 0 Å². The highest BCUT2D eigenvalue weighted by atomic mass is 16.5. The zero-order valence-electron chi connectivity index (χ0n) is 14.5. The Balaban J connectivity index is 1.31. The van der Waals surface area contributed by atoms with E-state index >= 15 is 0 Å². The molecular formula is C20H18N2O5. The summed E-state index contributed by atoms with van der Waals surface area (Å²) in [6, 6.07) is 13.0. The van der Waals surface area contributed by atoms with Crippen LogP contribution in [0.2, 0.25) is 0 Å².